The topological polar surface area (TPSA) is 49.0 Å². The van der Waals surface area contributed by atoms with E-state index in [1.54, 1.807) is 31.5 Å². The van der Waals surface area contributed by atoms with Gasteiger partial charge in [-0.3, -0.25) is 4.98 Å². The van der Waals surface area contributed by atoms with Crippen LogP contribution in [0.15, 0.2) is 122 Å². The second kappa shape index (κ2) is 17.7. The molecule has 214 valence electrons. The molecule has 0 aliphatic heterocycles. The minimum atomic E-state index is -0.298. The van der Waals surface area contributed by atoms with Gasteiger partial charge >= 0.3 is 0 Å². The number of hydrogen-bond acceptors (Lipinski definition) is 4. The highest BCUT2D eigenvalue weighted by atomic mass is 19.1. The zero-order valence-corrected chi connectivity index (χ0v) is 25.1. The Morgan fingerprint density at radius 1 is 1.07 bits per heavy atom. The van der Waals surface area contributed by atoms with E-state index >= 15 is 4.39 Å². The maximum Gasteiger partial charge on any atom is 0.136 e. The molecular formula is C36H43FN4. The molecule has 2 rings (SSSR count). The third-order valence-corrected chi connectivity index (χ3v) is 6.39. The second-order valence-electron chi connectivity index (χ2n) is 9.05. The maximum atomic E-state index is 16.1. The molecule has 0 aliphatic carbocycles. The molecule has 41 heavy (non-hydrogen) atoms. The van der Waals surface area contributed by atoms with E-state index in [1.165, 1.54) is 0 Å². The van der Waals surface area contributed by atoms with Gasteiger partial charge in [-0.25, -0.2) is 4.39 Å². The Morgan fingerprint density at radius 2 is 1.78 bits per heavy atom. The Balaban J connectivity index is 0.00000411. The molecule has 0 unspecified atom stereocenters. The number of terminal acetylenes is 1. The van der Waals surface area contributed by atoms with Crippen molar-refractivity contribution < 1.29 is 4.39 Å². The summed E-state index contributed by atoms with van der Waals surface area (Å²) in [4.78, 5) is 4.24. The highest BCUT2D eigenvalue weighted by molar-refractivity contribution is 5.80. The van der Waals surface area contributed by atoms with Gasteiger partial charge in [0.05, 0.1) is 0 Å². The second-order valence-corrected chi connectivity index (χ2v) is 9.05. The van der Waals surface area contributed by atoms with Crippen LogP contribution in [0.2, 0.25) is 0 Å². The number of allylic oxidation sites excluding steroid dienone is 11. The number of hydrogen-bond donors (Lipinski definition) is 3. The molecule has 0 fully saturated rings. The van der Waals surface area contributed by atoms with Crippen LogP contribution < -0.4 is 16.0 Å². The first kappa shape index (κ1) is 34.2. The van der Waals surface area contributed by atoms with Crippen molar-refractivity contribution in [1.82, 2.24) is 15.6 Å². The van der Waals surface area contributed by atoms with Gasteiger partial charge in [0.15, 0.2) is 0 Å². The molecule has 0 spiro atoms. The minimum absolute atomic E-state index is 0.298. The molecule has 1 aromatic heterocycles. The molecule has 1 heterocycles. The van der Waals surface area contributed by atoms with Crippen LogP contribution in [0.5, 0.6) is 0 Å². The SMILES string of the molecule is C#C.C=C/C=C(\C(C)=C(/C)NC(=C)Cc1c(NC)ccc(C(/C=C(\C=C)NC(=C)CC)=C/C)c1F)c1cccnc1. The van der Waals surface area contributed by atoms with Crippen molar-refractivity contribution in [3.8, 4) is 12.8 Å². The quantitative estimate of drug-likeness (QED) is 0.163. The van der Waals surface area contributed by atoms with Gasteiger partial charge in [-0.1, -0.05) is 57.5 Å². The minimum Gasteiger partial charge on any atom is -0.388 e. The van der Waals surface area contributed by atoms with Gasteiger partial charge in [0, 0.05) is 71.0 Å². The van der Waals surface area contributed by atoms with Gasteiger partial charge in [0.2, 0.25) is 0 Å². The van der Waals surface area contributed by atoms with Crippen molar-refractivity contribution >= 4 is 16.8 Å². The Morgan fingerprint density at radius 3 is 2.32 bits per heavy atom. The van der Waals surface area contributed by atoms with E-state index in [0.29, 0.717) is 28.9 Å². The molecule has 0 radical (unpaired) electrons. The number of halogens is 1. The number of anilines is 1. The first-order valence-corrected chi connectivity index (χ1v) is 13.3. The summed E-state index contributed by atoms with van der Waals surface area (Å²) in [5.74, 6) is -0.298. The summed E-state index contributed by atoms with van der Waals surface area (Å²) in [6.07, 6.45) is 21.8. The van der Waals surface area contributed by atoms with E-state index < -0.39 is 0 Å². The zero-order valence-electron chi connectivity index (χ0n) is 25.1. The van der Waals surface area contributed by atoms with Gasteiger partial charge in [0.25, 0.3) is 0 Å². The van der Waals surface area contributed by atoms with Crippen molar-refractivity contribution in [2.75, 3.05) is 12.4 Å². The van der Waals surface area contributed by atoms with Crippen molar-refractivity contribution in [3.63, 3.8) is 0 Å². The van der Waals surface area contributed by atoms with Crippen molar-refractivity contribution in [2.24, 2.45) is 0 Å². The molecule has 2 aromatic rings. The van der Waals surface area contributed by atoms with Crippen LogP contribution in [0.25, 0.3) is 11.1 Å². The standard InChI is InChI=1S/C34H41FN4.C2H2/c1-10-15-30(28-16-14-19-37-22-28)25(7)26(8)38-24(6)20-32-33(36-9)18-17-31(34(32)35)27(12-3)21-29(13-4)39-23(5)11-2;1-2/h10,12-19,21-22,36,38-39H,1,4-6,11,20H2,2-3,7-9H3;1-2H/b26-25+,27-12+,29-21+,30-15+;. The number of pyridine rings is 1. The fourth-order valence-corrected chi connectivity index (χ4v) is 4.07. The van der Waals surface area contributed by atoms with Crippen molar-refractivity contribution in [1.29, 1.82) is 0 Å². The molecule has 0 amide bonds. The molecule has 0 atom stereocenters. The third-order valence-electron chi connectivity index (χ3n) is 6.39. The van der Waals surface area contributed by atoms with Crippen LogP contribution in [0.1, 0.15) is 50.8 Å². The summed E-state index contributed by atoms with van der Waals surface area (Å²) in [6.45, 7) is 23.9. The number of nitrogens with zero attached hydrogens (tertiary/aromatic N) is 1. The number of aromatic nitrogens is 1. The summed E-state index contributed by atoms with van der Waals surface area (Å²) in [7, 11) is 1.79. The normalized spacial score (nSPS) is 12.2. The number of nitrogens with one attached hydrogen (secondary N) is 3. The summed E-state index contributed by atoms with van der Waals surface area (Å²) in [5, 5.41) is 9.73. The molecule has 0 saturated carbocycles. The lowest BCUT2D eigenvalue weighted by Crippen LogP contribution is -2.15. The van der Waals surface area contributed by atoms with Crippen molar-refractivity contribution in [2.45, 2.75) is 40.5 Å². The smallest absolute Gasteiger partial charge is 0.136 e. The average molecular weight is 551 g/mol. The number of rotatable bonds is 14. The van der Waals surface area contributed by atoms with Crippen LogP contribution in [-0.4, -0.2) is 12.0 Å². The molecule has 0 saturated heterocycles. The van der Waals surface area contributed by atoms with Gasteiger partial charge < -0.3 is 16.0 Å². The van der Waals surface area contributed by atoms with Gasteiger partial charge in [-0.15, -0.1) is 12.8 Å². The van der Waals surface area contributed by atoms with Crippen LogP contribution >= 0.6 is 0 Å². The van der Waals surface area contributed by atoms with Crippen LogP contribution in [0.4, 0.5) is 10.1 Å². The van der Waals surface area contributed by atoms with E-state index in [2.05, 4.69) is 60.1 Å². The monoisotopic (exact) mass is 550 g/mol. The lowest BCUT2D eigenvalue weighted by molar-refractivity contribution is 0.609. The Hall–Kier alpha value is -4.82. The maximum absolute atomic E-state index is 16.1. The summed E-state index contributed by atoms with van der Waals surface area (Å²) in [6, 6.07) is 7.59. The lowest BCUT2D eigenvalue weighted by Gasteiger charge is -2.19. The molecule has 1 aromatic carbocycles. The summed E-state index contributed by atoms with van der Waals surface area (Å²) < 4.78 is 16.1. The summed E-state index contributed by atoms with van der Waals surface area (Å²) >= 11 is 0. The average Bonchev–Trinajstić information content (AvgIpc) is 3.00. The first-order chi connectivity index (χ1) is 19.7. The molecule has 0 aliphatic rings. The van der Waals surface area contributed by atoms with E-state index in [0.717, 1.165) is 45.8 Å². The highest BCUT2D eigenvalue weighted by Crippen LogP contribution is 2.30. The predicted octanol–water partition coefficient (Wildman–Crippen LogP) is 8.71. The Bertz CT molecular complexity index is 1390. The van der Waals surface area contributed by atoms with Crippen LogP contribution in [-0.2, 0) is 6.42 Å². The third kappa shape index (κ3) is 9.70. The van der Waals surface area contributed by atoms with Gasteiger partial charge in [0.1, 0.15) is 5.82 Å². The van der Waals surface area contributed by atoms with E-state index in [4.69, 9.17) is 0 Å². The van der Waals surface area contributed by atoms with E-state index in [1.807, 2.05) is 70.3 Å². The molecule has 4 nitrogen and oxygen atoms in total. The fraction of sp³-hybridized carbons (Fsp3) is 0.194. The first-order valence-electron chi connectivity index (χ1n) is 13.3. The number of benzene rings is 1. The molecule has 0 bridgehead atoms. The fourth-order valence-electron chi connectivity index (χ4n) is 4.07. The molecule has 5 heteroatoms. The van der Waals surface area contributed by atoms with Crippen LogP contribution in [0.3, 0.4) is 0 Å². The molecular weight excluding hydrogens is 507 g/mol. The highest BCUT2D eigenvalue weighted by Gasteiger charge is 2.17. The van der Waals surface area contributed by atoms with Gasteiger partial charge in [-0.05, 0) is 74.3 Å². The summed E-state index contributed by atoms with van der Waals surface area (Å²) in [5.41, 5.74) is 8.69. The Kier molecular flexibility index (Phi) is 14.8. The van der Waals surface area contributed by atoms with Gasteiger partial charge in [-0.2, -0.15) is 0 Å². The Labute approximate surface area is 246 Å². The van der Waals surface area contributed by atoms with Crippen LogP contribution in [0, 0.1) is 18.7 Å². The zero-order chi connectivity index (χ0) is 30.9. The van der Waals surface area contributed by atoms with E-state index in [9.17, 15) is 0 Å². The van der Waals surface area contributed by atoms with Crippen molar-refractivity contribution in [3.05, 3.63) is 144 Å². The molecule has 3 N–H and O–H groups in total. The predicted molar refractivity (Wildman–Crippen MR) is 177 cm³/mol. The lowest BCUT2D eigenvalue weighted by atomic mass is 9.96. The van der Waals surface area contributed by atoms with E-state index in [-0.39, 0.29) is 5.82 Å². The largest absolute Gasteiger partial charge is 0.388 e.